The number of imidazole rings is 1. The van der Waals surface area contributed by atoms with Crippen LogP contribution in [0.1, 0.15) is 12.5 Å². The van der Waals surface area contributed by atoms with Crippen molar-refractivity contribution >= 4 is 22.8 Å². The van der Waals surface area contributed by atoms with Crippen molar-refractivity contribution in [1.29, 1.82) is 0 Å². The average Bonchev–Trinajstić information content (AvgIpc) is 2.84. The monoisotopic (exact) mass is 301 g/mol. The van der Waals surface area contributed by atoms with Gasteiger partial charge in [0.2, 0.25) is 0 Å². The Kier molecular flexibility index (Phi) is 3.94. The molecule has 2 aromatic carbocycles. The van der Waals surface area contributed by atoms with Gasteiger partial charge in [-0.1, -0.05) is 24.3 Å². The minimum Gasteiger partial charge on any atom is -0.333 e. The number of aromatic nitrogens is 2. The van der Waals surface area contributed by atoms with Crippen molar-refractivity contribution in [1.82, 2.24) is 9.97 Å². The molecule has 108 valence electrons. The molecule has 0 amide bonds. The summed E-state index contributed by atoms with van der Waals surface area (Å²) < 4.78 is 14.1. The lowest BCUT2D eigenvalue weighted by Gasteiger charge is -2.11. The summed E-state index contributed by atoms with van der Waals surface area (Å²) in [5, 5.41) is 0.687. The first kappa shape index (κ1) is 14.1. The quantitative estimate of drug-likeness (QED) is 0.772. The van der Waals surface area contributed by atoms with E-state index in [-0.39, 0.29) is 11.9 Å². The molecule has 1 aromatic heterocycles. The highest BCUT2D eigenvalue weighted by molar-refractivity contribution is 7.99. The van der Waals surface area contributed by atoms with E-state index >= 15 is 0 Å². The van der Waals surface area contributed by atoms with Gasteiger partial charge in [0.25, 0.3) is 0 Å². The van der Waals surface area contributed by atoms with E-state index < -0.39 is 0 Å². The van der Waals surface area contributed by atoms with E-state index in [1.165, 1.54) is 17.8 Å². The highest BCUT2D eigenvalue weighted by Gasteiger charge is 2.13. The lowest BCUT2D eigenvalue weighted by atomic mass is 10.1. The SMILES string of the molecule is CC(N)Cc1cccc(F)c1Sc1nc2ccccc2[nH]1. The minimum absolute atomic E-state index is 0.0122. The Morgan fingerprint density at radius 1 is 1.24 bits per heavy atom. The van der Waals surface area contributed by atoms with Crippen molar-refractivity contribution in [2.45, 2.75) is 29.4 Å². The first-order valence-corrected chi connectivity index (χ1v) is 7.60. The number of hydrogen-bond donors (Lipinski definition) is 2. The fraction of sp³-hybridized carbons (Fsp3) is 0.188. The van der Waals surface area contributed by atoms with Gasteiger partial charge in [-0.3, -0.25) is 0 Å². The molecule has 0 aliphatic heterocycles. The number of nitrogens with zero attached hydrogens (tertiary/aromatic N) is 1. The fourth-order valence-corrected chi connectivity index (χ4v) is 3.20. The van der Waals surface area contributed by atoms with Crippen LogP contribution in [0.25, 0.3) is 11.0 Å². The molecule has 5 heteroatoms. The van der Waals surface area contributed by atoms with Crippen LogP contribution in [0.2, 0.25) is 0 Å². The molecule has 0 bridgehead atoms. The maximum atomic E-state index is 14.1. The fourth-order valence-electron chi connectivity index (χ4n) is 2.25. The molecule has 1 heterocycles. The average molecular weight is 301 g/mol. The third-order valence-electron chi connectivity index (χ3n) is 3.16. The Labute approximate surface area is 126 Å². The van der Waals surface area contributed by atoms with E-state index in [9.17, 15) is 4.39 Å². The largest absolute Gasteiger partial charge is 0.333 e. The van der Waals surface area contributed by atoms with Gasteiger partial charge in [0, 0.05) is 6.04 Å². The second-order valence-corrected chi connectivity index (χ2v) is 6.07. The zero-order valence-corrected chi connectivity index (χ0v) is 12.5. The van der Waals surface area contributed by atoms with E-state index in [4.69, 9.17) is 5.73 Å². The zero-order valence-electron chi connectivity index (χ0n) is 11.6. The third-order valence-corrected chi connectivity index (χ3v) is 4.20. The Hall–Kier alpha value is -1.85. The van der Waals surface area contributed by atoms with Crippen LogP contribution in [0, 0.1) is 5.82 Å². The van der Waals surface area contributed by atoms with Gasteiger partial charge in [-0.25, -0.2) is 9.37 Å². The smallest absolute Gasteiger partial charge is 0.171 e. The standard InChI is InChI=1S/C16H16FN3S/c1-10(18)9-11-5-4-6-12(17)15(11)21-16-19-13-7-2-3-8-14(13)20-16/h2-8,10H,9,18H2,1H3,(H,19,20). The van der Waals surface area contributed by atoms with Crippen LogP contribution in [0.4, 0.5) is 4.39 Å². The van der Waals surface area contributed by atoms with Crippen LogP contribution in [-0.4, -0.2) is 16.0 Å². The van der Waals surface area contributed by atoms with Crippen LogP contribution in [0.15, 0.2) is 52.5 Å². The Morgan fingerprint density at radius 3 is 2.81 bits per heavy atom. The molecule has 0 radical (unpaired) electrons. The molecule has 0 spiro atoms. The van der Waals surface area contributed by atoms with Gasteiger partial charge in [-0.05, 0) is 48.9 Å². The predicted molar refractivity (Wildman–Crippen MR) is 84.0 cm³/mol. The van der Waals surface area contributed by atoms with Gasteiger partial charge in [0.05, 0.1) is 15.9 Å². The first-order valence-electron chi connectivity index (χ1n) is 6.79. The Morgan fingerprint density at radius 2 is 2.05 bits per heavy atom. The van der Waals surface area contributed by atoms with Gasteiger partial charge in [0.1, 0.15) is 5.82 Å². The summed E-state index contributed by atoms with van der Waals surface area (Å²) in [6.45, 7) is 1.92. The van der Waals surface area contributed by atoms with E-state index in [1.807, 2.05) is 37.3 Å². The summed E-state index contributed by atoms with van der Waals surface area (Å²) in [5.74, 6) is -0.237. The number of aromatic amines is 1. The molecule has 0 aliphatic carbocycles. The second-order valence-electron chi connectivity index (χ2n) is 5.07. The summed E-state index contributed by atoms with van der Waals surface area (Å²) in [7, 11) is 0. The van der Waals surface area contributed by atoms with Gasteiger partial charge in [0.15, 0.2) is 5.16 Å². The number of benzene rings is 2. The highest BCUT2D eigenvalue weighted by atomic mass is 32.2. The van der Waals surface area contributed by atoms with Crippen LogP contribution in [-0.2, 0) is 6.42 Å². The maximum Gasteiger partial charge on any atom is 0.171 e. The number of nitrogens with two attached hydrogens (primary N) is 1. The first-order chi connectivity index (χ1) is 10.1. The zero-order chi connectivity index (χ0) is 14.8. The minimum atomic E-state index is -0.237. The Bertz CT molecular complexity index is 734. The molecule has 1 unspecified atom stereocenters. The van der Waals surface area contributed by atoms with Crippen molar-refractivity contribution in [3.8, 4) is 0 Å². The number of nitrogens with one attached hydrogen (secondary N) is 1. The van der Waals surface area contributed by atoms with Crippen molar-refractivity contribution in [3.63, 3.8) is 0 Å². The van der Waals surface area contributed by atoms with E-state index in [2.05, 4.69) is 9.97 Å². The molecule has 3 N–H and O–H groups in total. The predicted octanol–water partition coefficient (Wildman–Crippen LogP) is 3.74. The number of rotatable bonds is 4. The van der Waals surface area contributed by atoms with E-state index in [0.717, 1.165) is 16.6 Å². The second kappa shape index (κ2) is 5.87. The molecule has 21 heavy (non-hydrogen) atoms. The Balaban J connectivity index is 1.96. The van der Waals surface area contributed by atoms with Crippen LogP contribution in [0.5, 0.6) is 0 Å². The lowest BCUT2D eigenvalue weighted by molar-refractivity contribution is 0.592. The summed E-state index contributed by atoms with van der Waals surface area (Å²) in [5.41, 5.74) is 8.58. The van der Waals surface area contributed by atoms with Crippen LogP contribution < -0.4 is 5.73 Å². The van der Waals surface area contributed by atoms with E-state index in [0.29, 0.717) is 16.5 Å². The van der Waals surface area contributed by atoms with Crippen molar-refractivity contribution in [2.75, 3.05) is 0 Å². The summed E-state index contributed by atoms with van der Waals surface area (Å²) in [4.78, 5) is 8.28. The number of H-pyrrole nitrogens is 1. The van der Waals surface area contributed by atoms with Crippen LogP contribution in [0.3, 0.4) is 0 Å². The number of para-hydroxylation sites is 2. The van der Waals surface area contributed by atoms with Crippen molar-refractivity contribution in [3.05, 3.63) is 53.8 Å². The number of halogens is 1. The molecule has 3 nitrogen and oxygen atoms in total. The molecule has 3 rings (SSSR count). The van der Waals surface area contributed by atoms with Gasteiger partial charge < -0.3 is 10.7 Å². The summed E-state index contributed by atoms with van der Waals surface area (Å²) in [6, 6.07) is 12.9. The van der Waals surface area contributed by atoms with E-state index in [1.54, 1.807) is 6.07 Å². The molecule has 0 saturated carbocycles. The molecular formula is C16H16FN3S. The molecule has 0 fully saturated rings. The van der Waals surface area contributed by atoms with Gasteiger partial charge >= 0.3 is 0 Å². The highest BCUT2D eigenvalue weighted by Crippen LogP contribution is 2.32. The normalized spacial score (nSPS) is 12.7. The molecule has 3 aromatic rings. The van der Waals surface area contributed by atoms with Crippen molar-refractivity contribution < 1.29 is 4.39 Å². The summed E-state index contributed by atoms with van der Waals surface area (Å²) >= 11 is 1.31. The number of hydrogen-bond acceptors (Lipinski definition) is 3. The third kappa shape index (κ3) is 3.09. The molecule has 0 aliphatic rings. The van der Waals surface area contributed by atoms with Gasteiger partial charge in [-0.15, -0.1) is 0 Å². The summed E-state index contributed by atoms with van der Waals surface area (Å²) in [6.07, 6.45) is 0.639. The van der Waals surface area contributed by atoms with Gasteiger partial charge in [-0.2, -0.15) is 0 Å². The number of fused-ring (bicyclic) bond motifs is 1. The van der Waals surface area contributed by atoms with Crippen molar-refractivity contribution in [2.24, 2.45) is 5.73 Å². The molecule has 1 atom stereocenters. The lowest BCUT2D eigenvalue weighted by Crippen LogP contribution is -2.18. The molecule has 0 saturated heterocycles. The van der Waals surface area contributed by atoms with Crippen LogP contribution >= 0.6 is 11.8 Å². The maximum absolute atomic E-state index is 14.1. The topological polar surface area (TPSA) is 54.7 Å². The molecular weight excluding hydrogens is 285 g/mol.